The first-order chi connectivity index (χ1) is 7.50. The van der Waals surface area contributed by atoms with Crippen LogP contribution in [0.15, 0.2) is 16.6 Å². The number of nitrogens with zero attached hydrogens (tertiary/aromatic N) is 1. The molecule has 1 saturated heterocycles. The van der Waals surface area contributed by atoms with Crippen LogP contribution in [0, 0.1) is 0 Å². The second-order valence-electron chi connectivity index (χ2n) is 3.66. The quantitative estimate of drug-likeness (QED) is 0.808. The normalized spacial score (nSPS) is 20.6. The van der Waals surface area contributed by atoms with E-state index in [1.807, 2.05) is 0 Å². The van der Waals surface area contributed by atoms with Crippen molar-refractivity contribution in [1.82, 2.24) is 0 Å². The number of benzene rings is 1. The van der Waals surface area contributed by atoms with Crippen LogP contribution in [-0.4, -0.2) is 18.5 Å². The number of halogens is 3. The van der Waals surface area contributed by atoms with Crippen molar-refractivity contribution < 1.29 is 4.79 Å². The maximum atomic E-state index is 11.7. The largest absolute Gasteiger partial charge is 0.326 e. The number of hydrogen-bond donors (Lipinski definition) is 1. The van der Waals surface area contributed by atoms with Gasteiger partial charge in [-0.1, -0.05) is 23.2 Å². The van der Waals surface area contributed by atoms with Gasteiger partial charge in [-0.3, -0.25) is 4.79 Å². The summed E-state index contributed by atoms with van der Waals surface area (Å²) in [5, 5.41) is 0.783. The van der Waals surface area contributed by atoms with Gasteiger partial charge in [0.1, 0.15) is 0 Å². The van der Waals surface area contributed by atoms with Gasteiger partial charge in [-0.05, 0) is 28.1 Å². The van der Waals surface area contributed by atoms with Crippen LogP contribution in [-0.2, 0) is 4.79 Å². The number of nitrogens with two attached hydrogens (primary N) is 1. The SMILES string of the molecule is NC1CC(=O)N(c2ccc(Br)c(Cl)c2Cl)C1. The van der Waals surface area contributed by atoms with Crippen LogP contribution in [0.3, 0.4) is 0 Å². The van der Waals surface area contributed by atoms with Crippen molar-refractivity contribution in [2.24, 2.45) is 5.73 Å². The fourth-order valence-electron chi connectivity index (χ4n) is 1.69. The van der Waals surface area contributed by atoms with Crippen molar-refractivity contribution in [2.75, 3.05) is 11.4 Å². The zero-order chi connectivity index (χ0) is 11.9. The van der Waals surface area contributed by atoms with Crippen LogP contribution in [0.25, 0.3) is 0 Å². The lowest BCUT2D eigenvalue weighted by Crippen LogP contribution is -2.28. The van der Waals surface area contributed by atoms with Crippen LogP contribution in [0.2, 0.25) is 10.0 Å². The molecule has 0 aliphatic carbocycles. The Morgan fingerprint density at radius 1 is 1.38 bits per heavy atom. The molecule has 1 aromatic carbocycles. The van der Waals surface area contributed by atoms with Gasteiger partial charge in [0, 0.05) is 23.5 Å². The standard InChI is InChI=1S/C10H9BrCl2N2O/c11-6-1-2-7(10(13)9(6)12)15-4-5(14)3-8(15)16/h1-2,5H,3-4,14H2. The zero-order valence-corrected chi connectivity index (χ0v) is 11.3. The Hall–Kier alpha value is -0.290. The lowest BCUT2D eigenvalue weighted by Gasteiger charge is -2.18. The minimum atomic E-state index is -0.133. The maximum Gasteiger partial charge on any atom is 0.228 e. The number of anilines is 1. The smallest absolute Gasteiger partial charge is 0.228 e. The summed E-state index contributed by atoms with van der Waals surface area (Å²) in [6.45, 7) is 0.483. The average Bonchev–Trinajstić information content (AvgIpc) is 2.55. The Morgan fingerprint density at radius 3 is 2.62 bits per heavy atom. The molecule has 1 aromatic rings. The highest BCUT2D eigenvalue weighted by molar-refractivity contribution is 9.10. The molecule has 3 nitrogen and oxygen atoms in total. The van der Waals surface area contributed by atoms with Gasteiger partial charge in [0.15, 0.2) is 0 Å². The average molecular weight is 324 g/mol. The van der Waals surface area contributed by atoms with Crippen LogP contribution >= 0.6 is 39.1 Å². The third kappa shape index (κ3) is 2.07. The molecule has 0 saturated carbocycles. The first-order valence-electron chi connectivity index (χ1n) is 4.70. The van der Waals surface area contributed by atoms with E-state index in [0.29, 0.717) is 33.2 Å². The molecule has 1 aliphatic heterocycles. The Balaban J connectivity index is 2.42. The van der Waals surface area contributed by atoms with Crippen LogP contribution in [0.4, 0.5) is 5.69 Å². The van der Waals surface area contributed by atoms with E-state index in [-0.39, 0.29) is 11.9 Å². The third-order valence-corrected chi connectivity index (χ3v) is 4.22. The molecule has 16 heavy (non-hydrogen) atoms. The van der Waals surface area contributed by atoms with E-state index in [1.54, 1.807) is 17.0 Å². The Morgan fingerprint density at radius 2 is 2.06 bits per heavy atom. The summed E-state index contributed by atoms with van der Waals surface area (Å²) in [5.41, 5.74) is 6.34. The van der Waals surface area contributed by atoms with Crippen molar-refractivity contribution in [2.45, 2.75) is 12.5 Å². The molecule has 0 aromatic heterocycles. The predicted octanol–water partition coefficient (Wildman–Crippen LogP) is 2.82. The summed E-state index contributed by atoms with van der Waals surface area (Å²) < 4.78 is 0.707. The van der Waals surface area contributed by atoms with E-state index < -0.39 is 0 Å². The van der Waals surface area contributed by atoms with Gasteiger partial charge in [0.05, 0.1) is 15.7 Å². The van der Waals surface area contributed by atoms with Crippen molar-refractivity contribution in [3.63, 3.8) is 0 Å². The topological polar surface area (TPSA) is 46.3 Å². The molecule has 0 bridgehead atoms. The summed E-state index contributed by atoms with van der Waals surface area (Å²) in [7, 11) is 0. The lowest BCUT2D eigenvalue weighted by molar-refractivity contribution is -0.117. The minimum absolute atomic E-state index is 0.0206. The fourth-order valence-corrected chi connectivity index (χ4v) is 2.56. The molecule has 1 amide bonds. The number of amides is 1. The van der Waals surface area contributed by atoms with Crippen LogP contribution < -0.4 is 10.6 Å². The molecular weight excluding hydrogens is 315 g/mol. The van der Waals surface area contributed by atoms with Gasteiger partial charge in [-0.2, -0.15) is 0 Å². The van der Waals surface area contributed by atoms with E-state index in [2.05, 4.69) is 15.9 Å². The molecule has 1 heterocycles. The predicted molar refractivity (Wildman–Crippen MR) is 69.1 cm³/mol. The van der Waals surface area contributed by atoms with E-state index in [1.165, 1.54) is 0 Å². The molecule has 1 aliphatic rings. The maximum absolute atomic E-state index is 11.7. The Labute approximate surface area is 112 Å². The molecule has 86 valence electrons. The van der Waals surface area contributed by atoms with Gasteiger partial charge >= 0.3 is 0 Å². The zero-order valence-electron chi connectivity index (χ0n) is 8.21. The van der Waals surface area contributed by atoms with Crippen LogP contribution in [0.1, 0.15) is 6.42 Å². The van der Waals surface area contributed by atoms with Crippen molar-refractivity contribution >= 4 is 50.7 Å². The van der Waals surface area contributed by atoms with Gasteiger partial charge in [0.2, 0.25) is 5.91 Å². The Kier molecular flexibility index (Phi) is 3.45. The molecule has 1 fully saturated rings. The molecule has 2 rings (SSSR count). The highest BCUT2D eigenvalue weighted by atomic mass is 79.9. The fraction of sp³-hybridized carbons (Fsp3) is 0.300. The molecule has 0 radical (unpaired) electrons. The summed E-state index contributed by atoms with van der Waals surface area (Å²) in [5.74, 6) is -0.0206. The number of rotatable bonds is 1. The van der Waals surface area contributed by atoms with Gasteiger partial charge in [-0.25, -0.2) is 0 Å². The first kappa shape index (κ1) is 12.2. The van der Waals surface area contributed by atoms with Crippen LogP contribution in [0.5, 0.6) is 0 Å². The number of carbonyl (C=O) groups excluding carboxylic acids is 1. The number of carbonyl (C=O) groups is 1. The van der Waals surface area contributed by atoms with Crippen molar-refractivity contribution in [3.05, 3.63) is 26.7 Å². The molecular formula is C10H9BrCl2N2O. The van der Waals surface area contributed by atoms with Gasteiger partial charge in [-0.15, -0.1) is 0 Å². The molecule has 1 atom stereocenters. The molecule has 6 heteroatoms. The van der Waals surface area contributed by atoms with Crippen molar-refractivity contribution in [3.8, 4) is 0 Å². The van der Waals surface area contributed by atoms with E-state index >= 15 is 0 Å². The Bertz CT molecular complexity index is 453. The first-order valence-corrected chi connectivity index (χ1v) is 6.25. The summed E-state index contributed by atoms with van der Waals surface area (Å²) in [6, 6.07) is 3.39. The second kappa shape index (κ2) is 4.53. The van der Waals surface area contributed by atoms with Gasteiger partial charge < -0.3 is 10.6 Å². The number of hydrogen-bond acceptors (Lipinski definition) is 2. The second-order valence-corrected chi connectivity index (χ2v) is 5.27. The minimum Gasteiger partial charge on any atom is -0.326 e. The molecule has 0 spiro atoms. The van der Waals surface area contributed by atoms with E-state index in [0.717, 1.165) is 0 Å². The van der Waals surface area contributed by atoms with Crippen molar-refractivity contribution in [1.29, 1.82) is 0 Å². The monoisotopic (exact) mass is 322 g/mol. The highest BCUT2D eigenvalue weighted by Crippen LogP contribution is 2.38. The molecule has 1 unspecified atom stereocenters. The highest BCUT2D eigenvalue weighted by Gasteiger charge is 2.30. The van der Waals surface area contributed by atoms with E-state index in [9.17, 15) is 4.79 Å². The third-order valence-electron chi connectivity index (χ3n) is 2.46. The summed E-state index contributed by atoms with van der Waals surface area (Å²) in [4.78, 5) is 13.2. The van der Waals surface area contributed by atoms with E-state index in [4.69, 9.17) is 28.9 Å². The summed E-state index contributed by atoms with van der Waals surface area (Å²) in [6.07, 6.45) is 0.351. The summed E-state index contributed by atoms with van der Waals surface area (Å²) >= 11 is 15.4. The molecule has 2 N–H and O–H groups in total. The lowest BCUT2D eigenvalue weighted by atomic mass is 10.3. The van der Waals surface area contributed by atoms with Gasteiger partial charge in [0.25, 0.3) is 0 Å².